The van der Waals surface area contributed by atoms with Crippen molar-refractivity contribution in [3.63, 3.8) is 0 Å². The number of amides is 1. The number of nitrogens with zero attached hydrogens (tertiary/aromatic N) is 1. The fourth-order valence-corrected chi connectivity index (χ4v) is 5.04. The number of Topliss-reactive ketones (excluding diaryl/α,β-unsaturated/α-hetero) is 1. The summed E-state index contributed by atoms with van der Waals surface area (Å²) in [6.07, 6.45) is 0.535. The Morgan fingerprint density at radius 2 is 1.57 bits per heavy atom. The van der Waals surface area contributed by atoms with Gasteiger partial charge in [0.15, 0.2) is 0 Å². The molecule has 214 valence electrons. The Kier molecular flexibility index (Phi) is 8.99. The number of carbonyl (C=O) groups is 2. The van der Waals surface area contributed by atoms with E-state index in [1.165, 1.54) is 4.90 Å². The van der Waals surface area contributed by atoms with E-state index < -0.39 is 17.7 Å². The van der Waals surface area contributed by atoms with Gasteiger partial charge in [0.2, 0.25) is 0 Å². The average molecular weight is 564 g/mol. The van der Waals surface area contributed by atoms with Gasteiger partial charge in [-0.15, -0.1) is 0 Å². The minimum absolute atomic E-state index is 0.0303. The molecule has 1 aliphatic rings. The number of aryl methyl sites for hydroxylation is 1. The zero-order chi connectivity index (χ0) is 29.5. The second-order valence-electron chi connectivity index (χ2n) is 10.1. The van der Waals surface area contributed by atoms with Crippen LogP contribution < -0.4 is 9.47 Å². The standard InChI is InChI=1S/C35H33NO6/c1-24-9-6-10-25(21-24)23-41-28-17-15-26(16-18-28)33(37)31-32(36(19-8-20-40-2)35(39)34(31)38)27-11-7-14-30(22-27)42-29-12-4-3-5-13-29/h3-7,9-18,21-22,32,37H,8,19-20,23H2,1-2H3. The lowest BCUT2D eigenvalue weighted by Crippen LogP contribution is -2.31. The summed E-state index contributed by atoms with van der Waals surface area (Å²) in [5, 5.41) is 11.4. The van der Waals surface area contributed by atoms with Crippen molar-refractivity contribution in [2.24, 2.45) is 0 Å². The number of ketones is 1. The molecule has 1 atom stereocenters. The monoisotopic (exact) mass is 563 g/mol. The number of likely N-dealkylation sites (tertiary alicyclic amines) is 1. The fraction of sp³-hybridized carbons (Fsp3) is 0.200. The van der Waals surface area contributed by atoms with Crippen molar-refractivity contribution >= 4 is 17.4 Å². The molecule has 1 heterocycles. The molecule has 0 saturated carbocycles. The maximum atomic E-state index is 13.4. The van der Waals surface area contributed by atoms with E-state index >= 15 is 0 Å². The summed E-state index contributed by atoms with van der Waals surface area (Å²) in [6.45, 7) is 3.15. The first-order chi connectivity index (χ1) is 20.4. The Hall–Kier alpha value is -4.88. The lowest BCUT2D eigenvalue weighted by atomic mass is 9.95. The first kappa shape index (κ1) is 28.6. The van der Waals surface area contributed by atoms with E-state index in [4.69, 9.17) is 14.2 Å². The molecule has 7 nitrogen and oxygen atoms in total. The number of aliphatic hydroxyl groups is 1. The lowest BCUT2D eigenvalue weighted by molar-refractivity contribution is -0.140. The zero-order valence-electron chi connectivity index (χ0n) is 23.7. The molecule has 0 radical (unpaired) electrons. The largest absolute Gasteiger partial charge is 0.507 e. The number of para-hydroxylation sites is 1. The van der Waals surface area contributed by atoms with Crippen LogP contribution in [-0.2, 0) is 20.9 Å². The topological polar surface area (TPSA) is 85.3 Å². The van der Waals surface area contributed by atoms with E-state index in [9.17, 15) is 14.7 Å². The van der Waals surface area contributed by atoms with E-state index in [-0.39, 0.29) is 17.9 Å². The normalized spacial score (nSPS) is 16.0. The number of methoxy groups -OCH3 is 1. The molecule has 1 aliphatic heterocycles. The summed E-state index contributed by atoms with van der Waals surface area (Å²) in [5.41, 5.74) is 3.30. The Balaban J connectivity index is 1.45. The van der Waals surface area contributed by atoms with Gasteiger partial charge in [-0.05, 0) is 73.0 Å². The first-order valence-corrected chi connectivity index (χ1v) is 13.8. The maximum Gasteiger partial charge on any atom is 0.295 e. The fourth-order valence-electron chi connectivity index (χ4n) is 5.04. The third kappa shape index (κ3) is 6.53. The maximum absolute atomic E-state index is 13.4. The van der Waals surface area contributed by atoms with Gasteiger partial charge in [0.05, 0.1) is 11.6 Å². The van der Waals surface area contributed by atoms with Gasteiger partial charge >= 0.3 is 0 Å². The van der Waals surface area contributed by atoms with Gasteiger partial charge in [-0.3, -0.25) is 9.59 Å². The third-order valence-corrected chi connectivity index (χ3v) is 7.06. The van der Waals surface area contributed by atoms with Crippen molar-refractivity contribution in [1.82, 2.24) is 4.90 Å². The van der Waals surface area contributed by atoms with Crippen molar-refractivity contribution in [2.45, 2.75) is 26.0 Å². The van der Waals surface area contributed by atoms with Gasteiger partial charge in [0, 0.05) is 25.8 Å². The second kappa shape index (κ2) is 13.2. The molecular weight excluding hydrogens is 530 g/mol. The molecule has 7 heteroatoms. The quantitative estimate of drug-likeness (QED) is 0.0933. The summed E-state index contributed by atoms with van der Waals surface area (Å²) in [5.74, 6) is 0.196. The predicted molar refractivity (Wildman–Crippen MR) is 160 cm³/mol. The number of carbonyl (C=O) groups excluding carboxylic acids is 2. The van der Waals surface area contributed by atoms with Gasteiger partial charge in [-0.25, -0.2) is 0 Å². The van der Waals surface area contributed by atoms with Crippen LogP contribution in [0.25, 0.3) is 5.76 Å². The highest BCUT2D eigenvalue weighted by molar-refractivity contribution is 6.46. The molecule has 42 heavy (non-hydrogen) atoms. The van der Waals surface area contributed by atoms with Crippen LogP contribution in [0.3, 0.4) is 0 Å². The molecule has 0 aliphatic carbocycles. The van der Waals surface area contributed by atoms with Crippen molar-refractivity contribution in [1.29, 1.82) is 0 Å². The molecule has 4 aromatic carbocycles. The smallest absolute Gasteiger partial charge is 0.295 e. The summed E-state index contributed by atoms with van der Waals surface area (Å²) < 4.78 is 17.1. The van der Waals surface area contributed by atoms with E-state index in [0.717, 1.165) is 11.1 Å². The highest BCUT2D eigenvalue weighted by Crippen LogP contribution is 2.41. The summed E-state index contributed by atoms with van der Waals surface area (Å²) in [6, 6.07) is 30.7. The molecule has 1 saturated heterocycles. The Labute approximate surface area is 245 Å². The van der Waals surface area contributed by atoms with Crippen LogP contribution in [-0.4, -0.2) is 42.0 Å². The van der Waals surface area contributed by atoms with E-state index in [1.807, 2.05) is 73.7 Å². The predicted octanol–water partition coefficient (Wildman–Crippen LogP) is 6.82. The number of aliphatic hydroxyl groups excluding tert-OH is 1. The van der Waals surface area contributed by atoms with Crippen molar-refractivity contribution in [3.8, 4) is 17.2 Å². The Morgan fingerprint density at radius 1 is 0.833 bits per heavy atom. The van der Waals surface area contributed by atoms with Crippen LogP contribution in [0, 0.1) is 6.92 Å². The Bertz CT molecular complexity index is 1580. The minimum Gasteiger partial charge on any atom is -0.507 e. The van der Waals surface area contributed by atoms with E-state index in [0.29, 0.717) is 48.0 Å². The molecule has 0 spiro atoms. The van der Waals surface area contributed by atoms with Gasteiger partial charge in [-0.2, -0.15) is 0 Å². The molecule has 0 bridgehead atoms. The minimum atomic E-state index is -0.793. The third-order valence-electron chi connectivity index (χ3n) is 7.06. The van der Waals surface area contributed by atoms with E-state index in [1.54, 1.807) is 37.4 Å². The SMILES string of the molecule is COCCCN1C(=O)C(=O)C(=C(O)c2ccc(OCc3cccc(C)c3)cc2)C1c1cccc(Oc2ccccc2)c1. The molecule has 1 fully saturated rings. The summed E-state index contributed by atoms with van der Waals surface area (Å²) >= 11 is 0. The average Bonchev–Trinajstić information content (AvgIpc) is 3.26. The molecule has 1 unspecified atom stereocenters. The van der Waals surface area contributed by atoms with Gasteiger partial charge in [-0.1, -0.05) is 60.2 Å². The number of hydrogen-bond donors (Lipinski definition) is 1. The van der Waals surface area contributed by atoms with Crippen LogP contribution in [0.15, 0.2) is 109 Å². The molecule has 1 amide bonds. The van der Waals surface area contributed by atoms with Crippen molar-refractivity contribution in [2.75, 3.05) is 20.3 Å². The van der Waals surface area contributed by atoms with Gasteiger partial charge < -0.3 is 24.2 Å². The van der Waals surface area contributed by atoms with Crippen molar-refractivity contribution < 1.29 is 28.9 Å². The van der Waals surface area contributed by atoms with Crippen LogP contribution in [0.4, 0.5) is 0 Å². The highest BCUT2D eigenvalue weighted by atomic mass is 16.5. The number of hydrogen-bond acceptors (Lipinski definition) is 6. The van der Waals surface area contributed by atoms with Crippen LogP contribution in [0.1, 0.15) is 34.7 Å². The van der Waals surface area contributed by atoms with Crippen LogP contribution in [0.5, 0.6) is 17.2 Å². The second-order valence-corrected chi connectivity index (χ2v) is 10.1. The van der Waals surface area contributed by atoms with Gasteiger partial charge in [0.25, 0.3) is 11.7 Å². The van der Waals surface area contributed by atoms with Crippen LogP contribution >= 0.6 is 0 Å². The molecular formula is C35H33NO6. The number of rotatable bonds is 11. The highest BCUT2D eigenvalue weighted by Gasteiger charge is 2.45. The van der Waals surface area contributed by atoms with Crippen molar-refractivity contribution in [3.05, 3.63) is 131 Å². The van der Waals surface area contributed by atoms with E-state index in [2.05, 4.69) is 6.07 Å². The van der Waals surface area contributed by atoms with Crippen LogP contribution in [0.2, 0.25) is 0 Å². The lowest BCUT2D eigenvalue weighted by Gasteiger charge is -2.25. The number of ether oxygens (including phenoxy) is 3. The molecule has 5 rings (SSSR count). The zero-order valence-corrected chi connectivity index (χ0v) is 23.7. The summed E-state index contributed by atoms with van der Waals surface area (Å²) in [4.78, 5) is 28.1. The van der Waals surface area contributed by atoms with Gasteiger partial charge in [0.1, 0.15) is 29.6 Å². The molecule has 0 aromatic heterocycles. The number of benzene rings is 4. The summed E-state index contributed by atoms with van der Waals surface area (Å²) in [7, 11) is 1.59. The molecule has 4 aromatic rings. The Morgan fingerprint density at radius 3 is 2.31 bits per heavy atom. The molecule has 1 N–H and O–H groups in total. The first-order valence-electron chi connectivity index (χ1n) is 13.8.